The van der Waals surface area contributed by atoms with E-state index in [-0.39, 0.29) is 23.5 Å². The zero-order chi connectivity index (χ0) is 14.6. The molecule has 2 atom stereocenters. The number of carbonyl (C=O) groups is 1. The van der Waals surface area contributed by atoms with Gasteiger partial charge in [0.15, 0.2) is 0 Å². The molecule has 1 aromatic rings. The molecule has 1 fully saturated rings. The van der Waals surface area contributed by atoms with Crippen LogP contribution in [0.4, 0.5) is 0 Å². The summed E-state index contributed by atoms with van der Waals surface area (Å²) in [5.74, 6) is 0.0440. The number of aromatic nitrogens is 1. The van der Waals surface area contributed by atoms with Crippen molar-refractivity contribution in [3.8, 4) is 0 Å². The summed E-state index contributed by atoms with van der Waals surface area (Å²) >= 11 is 0. The molecule has 4 nitrogen and oxygen atoms in total. The van der Waals surface area contributed by atoms with Gasteiger partial charge in [-0.25, -0.2) is 0 Å². The van der Waals surface area contributed by atoms with E-state index in [4.69, 9.17) is 4.74 Å². The fourth-order valence-corrected chi connectivity index (χ4v) is 2.51. The summed E-state index contributed by atoms with van der Waals surface area (Å²) in [6.45, 7) is 7.11. The first-order chi connectivity index (χ1) is 9.47. The van der Waals surface area contributed by atoms with E-state index in [1.807, 2.05) is 18.2 Å². The number of nitrogens with one attached hydrogen (secondary N) is 1. The Kier molecular flexibility index (Phi) is 4.76. The smallest absolute Gasteiger partial charge is 0.223 e. The third-order valence-electron chi connectivity index (χ3n) is 3.59. The number of pyridine rings is 1. The zero-order valence-corrected chi connectivity index (χ0v) is 12.6. The molecule has 4 heteroatoms. The lowest BCUT2D eigenvalue weighted by Crippen LogP contribution is -2.38. The van der Waals surface area contributed by atoms with Crippen molar-refractivity contribution in [3.63, 3.8) is 0 Å². The summed E-state index contributed by atoms with van der Waals surface area (Å²) in [5, 5.41) is 3.12. The number of amides is 1. The molecule has 0 bridgehead atoms. The van der Waals surface area contributed by atoms with Crippen molar-refractivity contribution in [2.45, 2.75) is 52.2 Å². The molecule has 1 aliphatic rings. The molecule has 0 aromatic carbocycles. The number of rotatable bonds is 4. The second kappa shape index (κ2) is 6.35. The fourth-order valence-electron chi connectivity index (χ4n) is 2.51. The van der Waals surface area contributed by atoms with Crippen molar-refractivity contribution in [3.05, 3.63) is 30.1 Å². The van der Waals surface area contributed by atoms with Crippen LogP contribution in [0.25, 0.3) is 0 Å². The largest absolute Gasteiger partial charge is 0.378 e. The van der Waals surface area contributed by atoms with Crippen LogP contribution in [0.1, 0.15) is 51.8 Å². The van der Waals surface area contributed by atoms with Gasteiger partial charge in [0.25, 0.3) is 0 Å². The second-order valence-electron chi connectivity index (χ2n) is 6.46. The molecule has 0 radical (unpaired) electrons. The highest BCUT2D eigenvalue weighted by atomic mass is 16.5. The topological polar surface area (TPSA) is 51.2 Å². The van der Waals surface area contributed by atoms with Crippen LogP contribution >= 0.6 is 0 Å². The number of hydrogen-bond donors (Lipinski definition) is 1. The predicted octanol–water partition coefficient (Wildman–Crippen LogP) is 2.85. The first-order valence-electron chi connectivity index (χ1n) is 7.29. The maximum atomic E-state index is 12.2. The van der Waals surface area contributed by atoms with Crippen molar-refractivity contribution in [2.75, 3.05) is 6.61 Å². The van der Waals surface area contributed by atoms with Gasteiger partial charge in [0.05, 0.1) is 24.3 Å². The van der Waals surface area contributed by atoms with Gasteiger partial charge in [-0.3, -0.25) is 9.78 Å². The third kappa shape index (κ3) is 4.04. The van der Waals surface area contributed by atoms with Gasteiger partial charge in [0, 0.05) is 12.8 Å². The molecule has 1 saturated heterocycles. The lowest BCUT2D eigenvalue weighted by Gasteiger charge is -2.31. The molecule has 1 amide bonds. The first-order valence-corrected chi connectivity index (χ1v) is 7.29. The molecular formula is C16H24N2O2. The van der Waals surface area contributed by atoms with E-state index in [9.17, 15) is 4.79 Å². The number of ether oxygens (including phenoxy) is 1. The lowest BCUT2D eigenvalue weighted by molar-refractivity contribution is -0.124. The Morgan fingerprint density at radius 2 is 2.30 bits per heavy atom. The molecule has 110 valence electrons. The van der Waals surface area contributed by atoms with Gasteiger partial charge in [0.1, 0.15) is 0 Å². The van der Waals surface area contributed by atoms with Crippen LogP contribution in [0, 0.1) is 5.41 Å². The normalized spacial score (nSPS) is 20.6. The third-order valence-corrected chi connectivity index (χ3v) is 3.59. The molecule has 0 aliphatic carbocycles. The predicted molar refractivity (Wildman–Crippen MR) is 78.2 cm³/mol. The highest BCUT2D eigenvalue weighted by Crippen LogP contribution is 2.31. The molecule has 2 heterocycles. The first kappa shape index (κ1) is 15.0. The Balaban J connectivity index is 2.03. The van der Waals surface area contributed by atoms with Crippen LogP contribution in [-0.2, 0) is 9.53 Å². The summed E-state index contributed by atoms with van der Waals surface area (Å²) in [4.78, 5) is 16.6. The van der Waals surface area contributed by atoms with Gasteiger partial charge < -0.3 is 10.1 Å². The molecule has 0 saturated carbocycles. The Bertz CT molecular complexity index is 434. The van der Waals surface area contributed by atoms with Gasteiger partial charge in [-0.1, -0.05) is 26.8 Å². The van der Waals surface area contributed by atoms with E-state index in [1.54, 1.807) is 6.20 Å². The van der Waals surface area contributed by atoms with Crippen LogP contribution in [0.2, 0.25) is 0 Å². The molecule has 0 spiro atoms. The average molecular weight is 276 g/mol. The minimum Gasteiger partial charge on any atom is -0.378 e. The number of hydrogen-bond acceptors (Lipinski definition) is 3. The molecular weight excluding hydrogens is 252 g/mol. The molecule has 0 unspecified atom stereocenters. The Morgan fingerprint density at radius 1 is 1.50 bits per heavy atom. The molecule has 20 heavy (non-hydrogen) atoms. The Labute approximate surface area is 120 Å². The van der Waals surface area contributed by atoms with Gasteiger partial charge >= 0.3 is 0 Å². The Morgan fingerprint density at radius 3 is 2.85 bits per heavy atom. The molecule has 1 aliphatic heterocycles. The fraction of sp³-hybridized carbons (Fsp3) is 0.625. The highest BCUT2D eigenvalue weighted by Gasteiger charge is 2.30. The quantitative estimate of drug-likeness (QED) is 0.920. The minimum absolute atomic E-state index is 0.0440. The summed E-state index contributed by atoms with van der Waals surface area (Å²) in [7, 11) is 0. The summed E-state index contributed by atoms with van der Waals surface area (Å²) in [5.41, 5.74) is 0.821. The van der Waals surface area contributed by atoms with Gasteiger partial charge in [0.2, 0.25) is 5.91 Å². The van der Waals surface area contributed by atoms with E-state index >= 15 is 0 Å². The lowest BCUT2D eigenvalue weighted by atomic mass is 9.84. The maximum absolute atomic E-state index is 12.2. The molecule has 2 rings (SSSR count). The van der Waals surface area contributed by atoms with Crippen molar-refractivity contribution < 1.29 is 9.53 Å². The molecule has 1 aromatic heterocycles. The van der Waals surface area contributed by atoms with E-state index < -0.39 is 0 Å². The van der Waals surface area contributed by atoms with Gasteiger partial charge in [-0.2, -0.15) is 0 Å². The Hall–Kier alpha value is -1.42. The van der Waals surface area contributed by atoms with Crippen LogP contribution in [0.15, 0.2) is 24.4 Å². The average Bonchev–Trinajstić information content (AvgIpc) is 2.88. The van der Waals surface area contributed by atoms with Gasteiger partial charge in [-0.15, -0.1) is 0 Å². The summed E-state index contributed by atoms with van der Waals surface area (Å²) < 4.78 is 5.52. The van der Waals surface area contributed by atoms with Crippen LogP contribution in [0.5, 0.6) is 0 Å². The number of carbonyl (C=O) groups excluding carboxylic acids is 1. The number of nitrogens with zero attached hydrogens (tertiary/aromatic N) is 1. The van der Waals surface area contributed by atoms with E-state index in [0.29, 0.717) is 6.42 Å². The SMILES string of the molecule is CC(C)(C)[C@H](NC(=O)C[C@@H]1CCCO1)c1ccccn1. The van der Waals surface area contributed by atoms with Crippen LogP contribution < -0.4 is 5.32 Å². The maximum Gasteiger partial charge on any atom is 0.223 e. The van der Waals surface area contributed by atoms with Crippen molar-refractivity contribution >= 4 is 5.91 Å². The molecule has 1 N–H and O–H groups in total. The zero-order valence-electron chi connectivity index (χ0n) is 12.6. The monoisotopic (exact) mass is 276 g/mol. The second-order valence-corrected chi connectivity index (χ2v) is 6.46. The van der Waals surface area contributed by atoms with Crippen LogP contribution in [-0.4, -0.2) is 23.6 Å². The van der Waals surface area contributed by atoms with Crippen molar-refractivity contribution in [1.29, 1.82) is 0 Å². The van der Waals surface area contributed by atoms with E-state index in [1.165, 1.54) is 0 Å². The summed E-state index contributed by atoms with van der Waals surface area (Å²) in [6.07, 6.45) is 4.33. The van der Waals surface area contributed by atoms with Crippen LogP contribution in [0.3, 0.4) is 0 Å². The minimum atomic E-state index is -0.0856. The highest BCUT2D eigenvalue weighted by molar-refractivity contribution is 5.77. The standard InChI is InChI=1S/C16H24N2O2/c1-16(2,3)15(13-8-4-5-9-17-13)18-14(19)11-12-7-6-10-20-12/h4-5,8-9,12,15H,6-7,10-11H2,1-3H3,(H,18,19)/t12-,15+/m0/s1. The van der Waals surface area contributed by atoms with Gasteiger partial charge in [-0.05, 0) is 30.4 Å². The summed E-state index contributed by atoms with van der Waals surface area (Å²) in [6, 6.07) is 5.71. The van der Waals surface area contributed by atoms with Crippen molar-refractivity contribution in [1.82, 2.24) is 10.3 Å². The van der Waals surface area contributed by atoms with E-state index in [0.717, 1.165) is 25.1 Å². The van der Waals surface area contributed by atoms with Crippen molar-refractivity contribution in [2.24, 2.45) is 5.41 Å². The van der Waals surface area contributed by atoms with E-state index in [2.05, 4.69) is 31.1 Å².